The zero-order valence-corrected chi connectivity index (χ0v) is 11.8. The van der Waals surface area contributed by atoms with Crippen LogP contribution in [0.25, 0.3) is 0 Å². The molecule has 0 aromatic heterocycles. The van der Waals surface area contributed by atoms with Gasteiger partial charge in [-0.3, -0.25) is 10.1 Å². The zero-order valence-electron chi connectivity index (χ0n) is 11.8. The summed E-state index contributed by atoms with van der Waals surface area (Å²) in [4.78, 5) is 10.5. The molecule has 0 fully saturated rings. The van der Waals surface area contributed by atoms with Gasteiger partial charge in [-0.15, -0.1) is 0 Å². The summed E-state index contributed by atoms with van der Waals surface area (Å²) >= 11 is 0. The first-order valence-corrected chi connectivity index (χ1v) is 6.41. The minimum Gasteiger partial charge on any atom is -0.489 e. The number of hydrogen-bond donors (Lipinski definition) is 0. The van der Waals surface area contributed by atoms with Gasteiger partial charge in [-0.1, -0.05) is 18.2 Å². The number of hydrogen-bond acceptors (Lipinski definition) is 3. The Bertz CT molecular complexity index is 630. The average molecular weight is 271 g/mol. The second-order valence-electron chi connectivity index (χ2n) is 4.93. The van der Waals surface area contributed by atoms with Gasteiger partial charge in [0.05, 0.1) is 4.92 Å². The Kier molecular flexibility index (Phi) is 4.03. The summed E-state index contributed by atoms with van der Waals surface area (Å²) in [6.45, 7) is 6.10. The molecule has 2 aromatic carbocycles. The van der Waals surface area contributed by atoms with Gasteiger partial charge in [-0.05, 0) is 49.6 Å². The molecule has 0 saturated carbocycles. The van der Waals surface area contributed by atoms with Gasteiger partial charge in [0.1, 0.15) is 12.4 Å². The third kappa shape index (κ3) is 3.15. The molecular weight excluding hydrogens is 254 g/mol. The highest BCUT2D eigenvalue weighted by Crippen LogP contribution is 2.23. The predicted molar refractivity (Wildman–Crippen MR) is 78.1 cm³/mol. The van der Waals surface area contributed by atoms with Gasteiger partial charge >= 0.3 is 0 Å². The SMILES string of the molecule is Cc1cc(C)cc(OCc2cccc([N+](=O)[O-])c2C)c1. The van der Waals surface area contributed by atoms with E-state index in [4.69, 9.17) is 4.74 Å². The van der Waals surface area contributed by atoms with Gasteiger partial charge in [0.2, 0.25) is 0 Å². The van der Waals surface area contributed by atoms with Crippen LogP contribution in [0.4, 0.5) is 5.69 Å². The number of nitrogens with zero attached hydrogens (tertiary/aromatic N) is 1. The normalized spacial score (nSPS) is 10.3. The molecule has 0 atom stereocenters. The largest absolute Gasteiger partial charge is 0.489 e. The molecule has 0 amide bonds. The number of aryl methyl sites for hydroxylation is 2. The van der Waals surface area contributed by atoms with Crippen molar-refractivity contribution in [3.05, 3.63) is 68.8 Å². The number of ether oxygens (including phenoxy) is 1. The van der Waals surface area contributed by atoms with E-state index in [0.29, 0.717) is 12.2 Å². The summed E-state index contributed by atoms with van der Waals surface area (Å²) in [5.41, 5.74) is 3.89. The lowest BCUT2D eigenvalue weighted by molar-refractivity contribution is -0.385. The van der Waals surface area contributed by atoms with Crippen LogP contribution in [0.1, 0.15) is 22.3 Å². The van der Waals surface area contributed by atoms with Crippen LogP contribution >= 0.6 is 0 Å². The van der Waals surface area contributed by atoms with E-state index in [9.17, 15) is 10.1 Å². The first-order valence-electron chi connectivity index (χ1n) is 6.41. The maximum Gasteiger partial charge on any atom is 0.272 e. The van der Waals surface area contributed by atoms with Crippen LogP contribution in [-0.4, -0.2) is 4.92 Å². The Morgan fingerprint density at radius 2 is 1.75 bits per heavy atom. The van der Waals surface area contributed by atoms with Crippen LogP contribution in [0.15, 0.2) is 36.4 Å². The zero-order chi connectivity index (χ0) is 14.7. The van der Waals surface area contributed by atoms with Crippen molar-refractivity contribution in [3.63, 3.8) is 0 Å². The van der Waals surface area contributed by atoms with Crippen LogP contribution in [0.5, 0.6) is 5.75 Å². The molecule has 20 heavy (non-hydrogen) atoms. The topological polar surface area (TPSA) is 52.4 Å². The van der Waals surface area contributed by atoms with Crippen LogP contribution in [0.2, 0.25) is 0 Å². The van der Waals surface area contributed by atoms with E-state index in [1.165, 1.54) is 6.07 Å². The molecule has 0 bridgehead atoms. The highest BCUT2D eigenvalue weighted by Gasteiger charge is 2.13. The van der Waals surface area contributed by atoms with E-state index in [-0.39, 0.29) is 10.6 Å². The molecule has 0 aliphatic heterocycles. The van der Waals surface area contributed by atoms with Crippen LogP contribution < -0.4 is 4.74 Å². The second-order valence-corrected chi connectivity index (χ2v) is 4.93. The lowest BCUT2D eigenvalue weighted by Gasteiger charge is -2.10. The van der Waals surface area contributed by atoms with Gasteiger partial charge in [0.25, 0.3) is 5.69 Å². The van der Waals surface area contributed by atoms with Crippen LogP contribution in [0.3, 0.4) is 0 Å². The Balaban J connectivity index is 2.19. The van der Waals surface area contributed by atoms with E-state index in [0.717, 1.165) is 22.4 Å². The smallest absolute Gasteiger partial charge is 0.272 e. The fraction of sp³-hybridized carbons (Fsp3) is 0.250. The molecule has 4 nitrogen and oxygen atoms in total. The Morgan fingerprint density at radius 1 is 1.10 bits per heavy atom. The molecule has 0 unspecified atom stereocenters. The standard InChI is InChI=1S/C16H17NO3/c1-11-7-12(2)9-15(8-11)20-10-14-5-4-6-16(13(14)3)17(18)19/h4-9H,10H2,1-3H3. The first-order chi connectivity index (χ1) is 9.47. The van der Waals surface area contributed by atoms with Crippen molar-refractivity contribution in [3.8, 4) is 5.75 Å². The second kappa shape index (κ2) is 5.74. The Hall–Kier alpha value is -2.36. The number of benzene rings is 2. The van der Waals surface area contributed by atoms with E-state index in [2.05, 4.69) is 6.07 Å². The van der Waals surface area contributed by atoms with Crippen molar-refractivity contribution in [1.82, 2.24) is 0 Å². The predicted octanol–water partition coefficient (Wildman–Crippen LogP) is 4.10. The highest BCUT2D eigenvalue weighted by molar-refractivity contribution is 5.44. The van der Waals surface area contributed by atoms with Crippen molar-refractivity contribution in [2.45, 2.75) is 27.4 Å². The minimum absolute atomic E-state index is 0.131. The molecule has 0 heterocycles. The number of nitro groups is 1. The van der Waals surface area contributed by atoms with Gasteiger partial charge < -0.3 is 4.74 Å². The summed E-state index contributed by atoms with van der Waals surface area (Å²) in [6.07, 6.45) is 0. The van der Waals surface area contributed by atoms with Crippen molar-refractivity contribution in [2.75, 3.05) is 0 Å². The van der Waals surface area contributed by atoms with E-state index in [1.54, 1.807) is 13.0 Å². The number of nitro benzene ring substituents is 1. The molecule has 0 aliphatic carbocycles. The van der Waals surface area contributed by atoms with Crippen molar-refractivity contribution < 1.29 is 9.66 Å². The molecule has 0 saturated heterocycles. The Morgan fingerprint density at radius 3 is 2.35 bits per heavy atom. The van der Waals surface area contributed by atoms with Gasteiger partial charge in [0, 0.05) is 11.6 Å². The third-order valence-corrected chi connectivity index (χ3v) is 3.20. The van der Waals surface area contributed by atoms with Crippen molar-refractivity contribution in [1.29, 1.82) is 0 Å². The monoisotopic (exact) mass is 271 g/mol. The molecule has 0 radical (unpaired) electrons. The maximum absolute atomic E-state index is 10.9. The lowest BCUT2D eigenvalue weighted by atomic mass is 10.1. The Labute approximate surface area is 118 Å². The van der Waals surface area contributed by atoms with E-state index in [1.807, 2.05) is 32.0 Å². The summed E-state index contributed by atoms with van der Waals surface area (Å²) in [7, 11) is 0. The van der Waals surface area contributed by atoms with Crippen LogP contribution in [0, 0.1) is 30.9 Å². The van der Waals surface area contributed by atoms with E-state index >= 15 is 0 Å². The molecule has 0 aliphatic rings. The summed E-state index contributed by atoms with van der Waals surface area (Å²) < 4.78 is 5.75. The molecule has 4 heteroatoms. The third-order valence-electron chi connectivity index (χ3n) is 3.20. The van der Waals surface area contributed by atoms with Gasteiger partial charge in [0.15, 0.2) is 0 Å². The quantitative estimate of drug-likeness (QED) is 0.621. The van der Waals surface area contributed by atoms with Crippen molar-refractivity contribution in [2.24, 2.45) is 0 Å². The molecule has 2 rings (SSSR count). The fourth-order valence-corrected chi connectivity index (χ4v) is 2.20. The summed E-state index contributed by atoms with van der Waals surface area (Å²) in [6, 6.07) is 11.0. The number of rotatable bonds is 4. The summed E-state index contributed by atoms with van der Waals surface area (Å²) in [5, 5.41) is 10.9. The maximum atomic E-state index is 10.9. The first kappa shape index (κ1) is 14.1. The van der Waals surface area contributed by atoms with Gasteiger partial charge in [-0.2, -0.15) is 0 Å². The molecule has 2 aromatic rings. The van der Waals surface area contributed by atoms with E-state index < -0.39 is 0 Å². The fourth-order valence-electron chi connectivity index (χ4n) is 2.20. The molecule has 104 valence electrons. The average Bonchev–Trinajstić information content (AvgIpc) is 2.36. The molecule has 0 N–H and O–H groups in total. The molecule has 0 spiro atoms. The van der Waals surface area contributed by atoms with Gasteiger partial charge in [-0.25, -0.2) is 0 Å². The minimum atomic E-state index is -0.365. The lowest BCUT2D eigenvalue weighted by Crippen LogP contribution is -2.01. The van der Waals surface area contributed by atoms with Crippen molar-refractivity contribution >= 4 is 5.69 Å². The van der Waals surface area contributed by atoms with Crippen LogP contribution in [-0.2, 0) is 6.61 Å². The molecular formula is C16H17NO3. The summed E-state index contributed by atoms with van der Waals surface area (Å²) in [5.74, 6) is 0.786. The highest BCUT2D eigenvalue weighted by atomic mass is 16.6.